The van der Waals surface area contributed by atoms with Gasteiger partial charge in [0.1, 0.15) is 23.4 Å². The van der Waals surface area contributed by atoms with Gasteiger partial charge in [0.05, 0.1) is 12.2 Å². The fourth-order valence-corrected chi connectivity index (χ4v) is 9.25. The summed E-state index contributed by atoms with van der Waals surface area (Å²) >= 11 is 0. The van der Waals surface area contributed by atoms with Crippen molar-refractivity contribution in [1.29, 1.82) is 0 Å². The molecular weight excluding hydrogens is 576 g/mol. The molecule has 5 aliphatic heterocycles. The molecule has 0 aromatic carbocycles. The minimum Gasteiger partial charge on any atom is -0.459 e. The van der Waals surface area contributed by atoms with Crippen LogP contribution in [0.2, 0.25) is 0 Å². The van der Waals surface area contributed by atoms with E-state index in [4.69, 9.17) is 15.5 Å². The molecule has 3 saturated heterocycles. The zero-order valence-electron chi connectivity index (χ0n) is 29.5. The summed E-state index contributed by atoms with van der Waals surface area (Å²) in [6, 6.07) is 2.08. The molecule has 9 nitrogen and oxygen atoms in total. The molecule has 0 aromatic rings. The molecule has 46 heavy (non-hydrogen) atoms. The van der Waals surface area contributed by atoms with Gasteiger partial charge in [-0.2, -0.15) is 0 Å². The number of quaternary nitrogens is 1. The molecule has 0 aromatic heterocycles. The van der Waals surface area contributed by atoms with E-state index in [9.17, 15) is 9.90 Å². The Hall–Kier alpha value is -2.13. The van der Waals surface area contributed by atoms with Gasteiger partial charge in [-0.05, 0) is 77.6 Å². The van der Waals surface area contributed by atoms with E-state index in [1.54, 1.807) is 0 Å². The summed E-state index contributed by atoms with van der Waals surface area (Å²) in [6.07, 6.45) is 21.2. The topological polar surface area (TPSA) is 120 Å². The lowest BCUT2D eigenvalue weighted by atomic mass is 9.90. The zero-order valence-corrected chi connectivity index (χ0v) is 29.5. The minimum atomic E-state index is -0.318. The Balaban J connectivity index is 0.980. The van der Waals surface area contributed by atoms with Crippen molar-refractivity contribution in [1.82, 2.24) is 10.2 Å². The number of hydrogen-bond donors (Lipinski definition) is 4. The number of aliphatic hydroxyl groups is 1. The van der Waals surface area contributed by atoms with Gasteiger partial charge >= 0.3 is 11.9 Å². The van der Waals surface area contributed by atoms with Crippen molar-refractivity contribution in [2.75, 3.05) is 6.54 Å². The van der Waals surface area contributed by atoms with Gasteiger partial charge in [0.25, 0.3) is 0 Å². The van der Waals surface area contributed by atoms with Crippen molar-refractivity contribution < 1.29 is 24.5 Å². The minimum absolute atomic E-state index is 0.0437. The standard InChI is InChI=1S/C37H64N6O3/c1-5-6-7-9-14-17-31(44)23-30-19-21-33-34(27(4)41-36(38)42(30)33)35(45)46-26(3)15-12-10-8-11-13-16-28-24-39-37-40-25(2)22-29-18-20-32(28)43(29)37/h25-26,28-33,44H,5-24H2,1-4H3,(H3,38,39,40,41,45)/p+2/t25-,26-,28-,29+,30-,31-,32-,33-/m0/s1. The maximum absolute atomic E-state index is 13.5. The lowest BCUT2D eigenvalue weighted by Crippen LogP contribution is -2.92. The lowest BCUT2D eigenvalue weighted by molar-refractivity contribution is -0.653. The number of guanidine groups is 2. The molecule has 0 bridgehead atoms. The average Bonchev–Trinajstić information content (AvgIpc) is 3.63. The van der Waals surface area contributed by atoms with Crippen LogP contribution in [-0.2, 0) is 9.53 Å². The maximum atomic E-state index is 13.5. The van der Waals surface area contributed by atoms with Gasteiger partial charge in [-0.15, -0.1) is 0 Å². The third-order valence-corrected chi connectivity index (χ3v) is 11.6. The van der Waals surface area contributed by atoms with Crippen LogP contribution in [-0.4, -0.2) is 81.4 Å². The van der Waals surface area contributed by atoms with Crippen molar-refractivity contribution in [2.45, 2.75) is 192 Å². The number of esters is 1. The van der Waals surface area contributed by atoms with Gasteiger partial charge in [-0.1, -0.05) is 64.7 Å². The molecule has 0 unspecified atom stereocenters. The average molecular weight is 643 g/mol. The van der Waals surface area contributed by atoms with Gasteiger partial charge in [-0.3, -0.25) is 4.99 Å². The van der Waals surface area contributed by atoms with E-state index in [0.29, 0.717) is 30.5 Å². The van der Waals surface area contributed by atoms with Gasteiger partial charge in [0.15, 0.2) is 5.96 Å². The predicted octanol–water partition coefficient (Wildman–Crippen LogP) is 4.67. The Bertz CT molecular complexity index is 1120. The highest BCUT2D eigenvalue weighted by molar-refractivity contribution is 5.91. The molecule has 5 aliphatic rings. The highest BCUT2D eigenvalue weighted by atomic mass is 16.5. The second-order valence-corrected chi connectivity index (χ2v) is 15.4. The molecule has 0 saturated carbocycles. The Labute approximate surface area is 278 Å². The normalized spacial score (nSPS) is 30.1. The van der Waals surface area contributed by atoms with Crippen LogP contribution in [0.15, 0.2) is 16.3 Å². The number of allylic oxidation sites excluding steroid dienone is 1. The van der Waals surface area contributed by atoms with Gasteiger partial charge < -0.3 is 20.1 Å². The number of aliphatic hydroxyl groups excluding tert-OH is 1. The van der Waals surface area contributed by atoms with E-state index in [-0.39, 0.29) is 30.3 Å². The Morgan fingerprint density at radius 1 is 1.09 bits per heavy atom. The maximum Gasteiger partial charge on any atom is 0.444 e. The van der Waals surface area contributed by atoms with Gasteiger partial charge in [0, 0.05) is 38.0 Å². The predicted molar refractivity (Wildman–Crippen MR) is 184 cm³/mol. The number of carbonyl (C=O) groups is 1. The third kappa shape index (κ3) is 8.66. The van der Waals surface area contributed by atoms with Gasteiger partial charge in [0.2, 0.25) is 0 Å². The van der Waals surface area contributed by atoms with E-state index < -0.39 is 0 Å². The molecule has 5 heterocycles. The summed E-state index contributed by atoms with van der Waals surface area (Å²) in [7, 11) is 0. The molecule has 0 spiro atoms. The van der Waals surface area contributed by atoms with Crippen molar-refractivity contribution >= 4 is 17.9 Å². The van der Waals surface area contributed by atoms with Crippen molar-refractivity contribution in [3.8, 4) is 0 Å². The van der Waals surface area contributed by atoms with E-state index in [1.807, 2.05) is 19.2 Å². The molecular formula is C37H66N6O3+2. The number of nitrogens with zero attached hydrogens (tertiary/aromatic N) is 3. The Kier molecular flexibility index (Phi) is 12.9. The van der Waals surface area contributed by atoms with Crippen LogP contribution < -0.4 is 16.4 Å². The quantitative estimate of drug-likeness (QED) is 0.0981. The Morgan fingerprint density at radius 3 is 2.63 bits per heavy atom. The number of hydrogen-bond acceptors (Lipinski definition) is 7. The van der Waals surface area contributed by atoms with Crippen LogP contribution in [0.1, 0.15) is 150 Å². The molecule has 6 N–H and O–H groups in total. The first kappa shape index (κ1) is 35.2. The number of rotatable bonds is 18. The van der Waals surface area contributed by atoms with Gasteiger partial charge in [-0.25, -0.2) is 20.4 Å². The summed E-state index contributed by atoms with van der Waals surface area (Å²) in [5.41, 5.74) is 8.20. The smallest absolute Gasteiger partial charge is 0.444 e. The molecule has 8 atom stereocenters. The SMILES string of the molecule is CCCCCCC[C@H](O)C[C@@H]1CC[C@H]2C(C(=O)O[C@@H](C)CCCCCCC[C@H]3CN=C4N[C@@H](C)C[C@H]5CC[C@@H]3N45)=C(C)[NH2+]C(N)=[N+]12. The zero-order chi connectivity index (χ0) is 32.6. The number of nitrogens with two attached hydrogens (primary N) is 2. The molecule has 3 fully saturated rings. The Morgan fingerprint density at radius 2 is 1.83 bits per heavy atom. The first-order valence-corrected chi connectivity index (χ1v) is 19.2. The van der Waals surface area contributed by atoms with Crippen molar-refractivity contribution in [3.63, 3.8) is 0 Å². The fraction of sp³-hybridized carbons (Fsp3) is 0.865. The third-order valence-electron chi connectivity index (χ3n) is 11.6. The first-order chi connectivity index (χ1) is 22.3. The second kappa shape index (κ2) is 16.8. The number of fused-ring (bicyclic) bond motifs is 1. The summed E-state index contributed by atoms with van der Waals surface area (Å²) in [5, 5.41) is 16.3. The monoisotopic (exact) mass is 643 g/mol. The number of nitrogens with one attached hydrogen (secondary N) is 1. The fourth-order valence-electron chi connectivity index (χ4n) is 9.25. The van der Waals surface area contributed by atoms with Crippen LogP contribution in [0, 0.1) is 5.92 Å². The molecule has 0 radical (unpaired) electrons. The molecule has 9 heteroatoms. The number of carbonyl (C=O) groups excluding carboxylic acids is 1. The molecule has 260 valence electrons. The second-order valence-electron chi connectivity index (χ2n) is 15.4. The van der Waals surface area contributed by atoms with Crippen molar-refractivity contribution in [3.05, 3.63) is 11.3 Å². The first-order valence-electron chi connectivity index (χ1n) is 19.2. The highest BCUT2D eigenvalue weighted by Gasteiger charge is 2.48. The van der Waals surface area contributed by atoms with Crippen LogP contribution in [0.3, 0.4) is 0 Å². The van der Waals surface area contributed by atoms with E-state index >= 15 is 0 Å². The molecule has 0 amide bonds. The highest BCUT2D eigenvalue weighted by Crippen LogP contribution is 2.38. The van der Waals surface area contributed by atoms with E-state index in [1.165, 1.54) is 83.0 Å². The van der Waals surface area contributed by atoms with Crippen molar-refractivity contribution in [2.24, 2.45) is 16.6 Å². The van der Waals surface area contributed by atoms with Crippen LogP contribution in [0.25, 0.3) is 0 Å². The number of aliphatic imine (C=N–C) groups is 1. The lowest BCUT2D eigenvalue weighted by Gasteiger charge is -2.45. The number of ether oxygens (including phenoxy) is 1. The van der Waals surface area contributed by atoms with Crippen LogP contribution in [0.5, 0.6) is 0 Å². The molecule has 0 aliphatic carbocycles. The van der Waals surface area contributed by atoms with E-state index in [2.05, 4.69) is 28.6 Å². The number of unbranched alkanes of at least 4 members (excludes halogenated alkanes) is 8. The molecule has 5 rings (SSSR count). The largest absolute Gasteiger partial charge is 0.459 e. The van der Waals surface area contributed by atoms with E-state index in [0.717, 1.165) is 62.3 Å². The van der Waals surface area contributed by atoms with Crippen LogP contribution in [0.4, 0.5) is 0 Å². The summed E-state index contributed by atoms with van der Waals surface area (Å²) in [6.45, 7) is 9.53. The summed E-state index contributed by atoms with van der Waals surface area (Å²) in [4.78, 5) is 21.1. The summed E-state index contributed by atoms with van der Waals surface area (Å²) in [5.74, 6) is 2.42. The van der Waals surface area contributed by atoms with Crippen LogP contribution >= 0.6 is 0 Å². The summed E-state index contributed by atoms with van der Waals surface area (Å²) < 4.78 is 8.22.